The molecule has 2 aromatic carbocycles. The molecule has 116 valence electrons. The van der Waals surface area contributed by atoms with Gasteiger partial charge in [-0.3, -0.25) is 0 Å². The maximum absolute atomic E-state index is 11.6. The van der Waals surface area contributed by atoms with Crippen molar-refractivity contribution in [1.29, 1.82) is 0 Å². The summed E-state index contributed by atoms with van der Waals surface area (Å²) >= 11 is 15.3. The summed E-state index contributed by atoms with van der Waals surface area (Å²) in [4.78, 5) is 14.7. The van der Waals surface area contributed by atoms with Crippen LogP contribution in [0.15, 0.2) is 40.9 Å². The van der Waals surface area contributed by atoms with E-state index >= 15 is 0 Å². The number of hydrogen-bond donors (Lipinski definition) is 2. The Labute approximate surface area is 150 Å². The Bertz CT molecular complexity index is 927. The highest BCUT2D eigenvalue weighted by atomic mass is 79.9. The number of aromatic nitrogens is 1. The summed E-state index contributed by atoms with van der Waals surface area (Å²) in [6.45, 7) is 0. The van der Waals surface area contributed by atoms with Gasteiger partial charge in [0.15, 0.2) is 0 Å². The lowest BCUT2D eigenvalue weighted by Crippen LogP contribution is -1.97. The van der Waals surface area contributed by atoms with Crippen molar-refractivity contribution in [2.45, 2.75) is 0 Å². The maximum Gasteiger partial charge on any atom is 0.338 e. The summed E-state index contributed by atoms with van der Waals surface area (Å²) in [5.74, 6) is -0.984. The molecule has 0 spiro atoms. The van der Waals surface area contributed by atoms with E-state index < -0.39 is 5.97 Å². The molecule has 3 aromatic rings. The Hall–Kier alpha value is -1.75. The van der Waals surface area contributed by atoms with Gasteiger partial charge in [-0.05, 0) is 42.0 Å². The number of rotatable bonds is 3. The van der Waals surface area contributed by atoms with Crippen molar-refractivity contribution in [2.75, 3.05) is 0 Å². The molecule has 3 nitrogen and oxygen atoms in total. The lowest BCUT2D eigenvalue weighted by molar-refractivity contribution is 0.0699. The van der Waals surface area contributed by atoms with E-state index in [1.807, 2.05) is 12.1 Å². The molecule has 23 heavy (non-hydrogen) atoms. The number of carbonyl (C=O) groups is 1. The predicted molar refractivity (Wildman–Crippen MR) is 98.3 cm³/mol. The highest BCUT2D eigenvalue weighted by Gasteiger charge is 2.16. The van der Waals surface area contributed by atoms with Crippen molar-refractivity contribution in [3.05, 3.63) is 67.7 Å². The van der Waals surface area contributed by atoms with E-state index in [4.69, 9.17) is 23.2 Å². The quantitative estimate of drug-likeness (QED) is 0.547. The van der Waals surface area contributed by atoms with Crippen LogP contribution in [-0.2, 0) is 0 Å². The SMILES string of the molecule is O=C(O)c1c(C=Cc2cc(Cl)cc(Cl)c2)[nH]c2cc(Br)ccc12. The molecule has 0 aliphatic heterocycles. The molecule has 0 saturated carbocycles. The number of nitrogens with one attached hydrogen (secondary N) is 1. The largest absolute Gasteiger partial charge is 0.478 e. The summed E-state index contributed by atoms with van der Waals surface area (Å²) in [7, 11) is 0. The average molecular weight is 411 g/mol. The summed E-state index contributed by atoms with van der Waals surface area (Å²) in [6, 6.07) is 10.6. The number of carboxylic acids is 1. The van der Waals surface area contributed by atoms with E-state index in [2.05, 4.69) is 20.9 Å². The molecule has 0 saturated heterocycles. The third-order valence-electron chi connectivity index (χ3n) is 3.33. The van der Waals surface area contributed by atoms with Crippen LogP contribution in [0.5, 0.6) is 0 Å². The van der Waals surface area contributed by atoms with E-state index in [0.717, 1.165) is 15.6 Å². The third-order valence-corrected chi connectivity index (χ3v) is 4.26. The monoisotopic (exact) mass is 409 g/mol. The Balaban J connectivity index is 2.10. The number of halogens is 3. The summed E-state index contributed by atoms with van der Waals surface area (Å²) in [5, 5.41) is 11.2. The van der Waals surface area contributed by atoms with Crippen LogP contribution < -0.4 is 0 Å². The Morgan fingerprint density at radius 1 is 1.09 bits per heavy atom. The van der Waals surface area contributed by atoms with Crippen LogP contribution in [0, 0.1) is 0 Å². The Morgan fingerprint density at radius 2 is 1.78 bits per heavy atom. The molecule has 6 heteroatoms. The zero-order valence-corrected chi connectivity index (χ0v) is 14.7. The number of carboxylic acid groups (broad SMARTS) is 1. The molecule has 1 aromatic heterocycles. The average Bonchev–Trinajstić information content (AvgIpc) is 2.81. The first-order valence-corrected chi connectivity index (χ1v) is 8.17. The van der Waals surface area contributed by atoms with Gasteiger partial charge in [-0.2, -0.15) is 0 Å². The van der Waals surface area contributed by atoms with Gasteiger partial charge in [-0.25, -0.2) is 4.79 Å². The Kier molecular flexibility index (Phi) is 4.48. The fourth-order valence-electron chi connectivity index (χ4n) is 2.40. The molecule has 0 aliphatic carbocycles. The third kappa shape index (κ3) is 3.44. The molecule has 0 bridgehead atoms. The molecule has 3 rings (SSSR count). The second-order valence-electron chi connectivity index (χ2n) is 4.94. The van der Waals surface area contributed by atoms with Gasteiger partial charge in [0, 0.05) is 25.4 Å². The van der Waals surface area contributed by atoms with Crippen LogP contribution >= 0.6 is 39.1 Å². The first-order valence-electron chi connectivity index (χ1n) is 6.63. The van der Waals surface area contributed by atoms with Crippen LogP contribution in [0.1, 0.15) is 21.6 Å². The highest BCUT2D eigenvalue weighted by Crippen LogP contribution is 2.27. The van der Waals surface area contributed by atoms with Crippen LogP contribution in [0.3, 0.4) is 0 Å². The zero-order valence-electron chi connectivity index (χ0n) is 11.6. The van der Waals surface area contributed by atoms with Crippen LogP contribution in [0.4, 0.5) is 0 Å². The van der Waals surface area contributed by atoms with Gasteiger partial charge in [-0.15, -0.1) is 0 Å². The van der Waals surface area contributed by atoms with Crippen LogP contribution in [0.2, 0.25) is 10.0 Å². The predicted octanol–water partition coefficient (Wildman–Crippen LogP) is 6.11. The summed E-state index contributed by atoms with van der Waals surface area (Å²) in [6.07, 6.45) is 3.48. The number of aromatic amines is 1. The first kappa shape index (κ1) is 16.1. The number of fused-ring (bicyclic) bond motifs is 1. The van der Waals surface area contributed by atoms with Gasteiger partial charge in [0.05, 0.1) is 11.3 Å². The molecule has 1 heterocycles. The fourth-order valence-corrected chi connectivity index (χ4v) is 3.30. The van der Waals surface area contributed by atoms with E-state index in [1.165, 1.54) is 0 Å². The minimum atomic E-state index is -0.984. The molecule has 0 unspecified atom stereocenters. The van der Waals surface area contributed by atoms with Crippen molar-refractivity contribution >= 4 is 68.2 Å². The molecule has 0 amide bonds. The van der Waals surface area contributed by atoms with Gasteiger partial charge >= 0.3 is 5.97 Å². The lowest BCUT2D eigenvalue weighted by atomic mass is 10.1. The smallest absolute Gasteiger partial charge is 0.338 e. The second kappa shape index (κ2) is 6.40. The van der Waals surface area contributed by atoms with Gasteiger partial charge in [0.2, 0.25) is 0 Å². The van der Waals surface area contributed by atoms with Gasteiger partial charge in [-0.1, -0.05) is 51.3 Å². The maximum atomic E-state index is 11.6. The topological polar surface area (TPSA) is 53.1 Å². The summed E-state index contributed by atoms with van der Waals surface area (Å²) in [5.41, 5.74) is 2.29. The minimum absolute atomic E-state index is 0.233. The van der Waals surface area contributed by atoms with Crippen LogP contribution in [0.25, 0.3) is 23.1 Å². The Morgan fingerprint density at radius 3 is 2.43 bits per heavy atom. The minimum Gasteiger partial charge on any atom is -0.478 e. The van der Waals surface area contributed by atoms with E-state index in [9.17, 15) is 9.90 Å². The summed E-state index contributed by atoms with van der Waals surface area (Å²) < 4.78 is 0.875. The van der Waals surface area contributed by atoms with E-state index in [1.54, 1.807) is 36.4 Å². The molecule has 2 N–H and O–H groups in total. The van der Waals surface area contributed by atoms with Gasteiger partial charge < -0.3 is 10.1 Å². The molecular weight excluding hydrogens is 401 g/mol. The number of hydrogen-bond acceptors (Lipinski definition) is 1. The molecule has 0 atom stereocenters. The normalized spacial score (nSPS) is 11.4. The standard InChI is InChI=1S/C17H10BrCl2NO2/c18-10-2-3-13-15(7-10)21-14(16(13)17(22)23)4-1-9-5-11(19)8-12(20)6-9/h1-8,21H,(H,22,23). The van der Waals surface area contributed by atoms with Crippen LogP contribution in [-0.4, -0.2) is 16.1 Å². The zero-order chi connectivity index (χ0) is 16.6. The molecule has 0 aliphatic rings. The first-order chi connectivity index (χ1) is 10.9. The van der Waals surface area contributed by atoms with Crippen molar-refractivity contribution in [2.24, 2.45) is 0 Å². The molecule has 0 radical (unpaired) electrons. The lowest BCUT2D eigenvalue weighted by Gasteiger charge is -1.98. The van der Waals surface area contributed by atoms with Crippen molar-refractivity contribution in [1.82, 2.24) is 4.98 Å². The van der Waals surface area contributed by atoms with E-state index in [0.29, 0.717) is 21.1 Å². The molecule has 0 fully saturated rings. The van der Waals surface area contributed by atoms with E-state index in [-0.39, 0.29) is 5.56 Å². The van der Waals surface area contributed by atoms with Crippen molar-refractivity contribution in [3.8, 4) is 0 Å². The number of H-pyrrole nitrogens is 1. The second-order valence-corrected chi connectivity index (χ2v) is 6.73. The molecular formula is C17H10BrCl2NO2. The number of aromatic carboxylic acids is 1. The van der Waals surface area contributed by atoms with Crippen molar-refractivity contribution in [3.63, 3.8) is 0 Å². The highest BCUT2D eigenvalue weighted by molar-refractivity contribution is 9.10. The van der Waals surface area contributed by atoms with Crippen molar-refractivity contribution < 1.29 is 9.90 Å². The number of benzene rings is 2. The van der Waals surface area contributed by atoms with Gasteiger partial charge in [0.1, 0.15) is 0 Å². The fraction of sp³-hybridized carbons (Fsp3) is 0. The van der Waals surface area contributed by atoms with Gasteiger partial charge in [0.25, 0.3) is 0 Å².